The van der Waals surface area contributed by atoms with Gasteiger partial charge in [-0.25, -0.2) is 4.79 Å². The number of carbonyl (C=O) groups is 2. The molecule has 1 atom stereocenters. The Bertz CT molecular complexity index is 520. The Kier molecular flexibility index (Phi) is 4.94. The fraction of sp³-hybridized carbons (Fsp3) is 0.647. The number of hydrogen-bond acceptors (Lipinski definition) is 2. The van der Waals surface area contributed by atoms with Gasteiger partial charge in [0.1, 0.15) is 0 Å². The van der Waals surface area contributed by atoms with Gasteiger partial charge in [-0.1, -0.05) is 25.5 Å². The Hall–Kier alpha value is -1.78. The summed E-state index contributed by atoms with van der Waals surface area (Å²) in [6.07, 6.45) is 7.93. The minimum atomic E-state index is -0.528. The number of rotatable bonds is 3. The number of amides is 3. The van der Waals surface area contributed by atoms with Crippen LogP contribution in [-0.2, 0) is 4.79 Å². The summed E-state index contributed by atoms with van der Waals surface area (Å²) >= 11 is 0. The van der Waals surface area contributed by atoms with E-state index in [2.05, 4.69) is 26.1 Å². The molecule has 0 spiro atoms. The summed E-state index contributed by atoms with van der Waals surface area (Å²) in [5.41, 5.74) is 7.93. The van der Waals surface area contributed by atoms with E-state index in [-0.39, 0.29) is 17.4 Å². The Balaban J connectivity index is 1.99. The van der Waals surface area contributed by atoms with E-state index in [0.29, 0.717) is 13.1 Å². The van der Waals surface area contributed by atoms with Crippen molar-refractivity contribution in [1.82, 2.24) is 10.2 Å². The SMILES string of the molecule is CC1=C(C=CC(=O)N2CC[C@H](NC(N)=O)C2)C(C)(C)CCC1. The van der Waals surface area contributed by atoms with Crippen molar-refractivity contribution in [3.8, 4) is 0 Å². The van der Waals surface area contributed by atoms with E-state index in [4.69, 9.17) is 5.73 Å². The molecule has 5 heteroatoms. The summed E-state index contributed by atoms with van der Waals surface area (Å²) in [4.78, 5) is 24.9. The molecule has 2 rings (SSSR count). The minimum Gasteiger partial charge on any atom is -0.352 e. The van der Waals surface area contributed by atoms with E-state index in [1.54, 1.807) is 11.0 Å². The van der Waals surface area contributed by atoms with E-state index in [9.17, 15) is 9.59 Å². The second-order valence-corrected chi connectivity index (χ2v) is 7.04. The number of urea groups is 1. The molecule has 1 fully saturated rings. The van der Waals surface area contributed by atoms with Crippen LogP contribution in [-0.4, -0.2) is 36.0 Å². The first-order valence-corrected chi connectivity index (χ1v) is 8.03. The topological polar surface area (TPSA) is 75.4 Å². The van der Waals surface area contributed by atoms with E-state index in [1.165, 1.54) is 17.6 Å². The maximum atomic E-state index is 12.3. The van der Waals surface area contributed by atoms with Gasteiger partial charge in [0.25, 0.3) is 0 Å². The quantitative estimate of drug-likeness (QED) is 0.785. The molecule has 0 bridgehead atoms. The number of allylic oxidation sites excluding steroid dienone is 3. The zero-order valence-corrected chi connectivity index (χ0v) is 13.8. The summed E-state index contributed by atoms with van der Waals surface area (Å²) in [6.45, 7) is 7.84. The number of primary amides is 1. The predicted molar refractivity (Wildman–Crippen MR) is 87.2 cm³/mol. The van der Waals surface area contributed by atoms with Crippen LogP contribution >= 0.6 is 0 Å². The molecule has 0 radical (unpaired) electrons. The van der Waals surface area contributed by atoms with E-state index < -0.39 is 6.03 Å². The van der Waals surface area contributed by atoms with Gasteiger partial charge in [-0.05, 0) is 43.6 Å². The van der Waals surface area contributed by atoms with Crippen LogP contribution in [0, 0.1) is 5.41 Å². The predicted octanol–water partition coefficient (Wildman–Crippen LogP) is 2.34. The molecule has 22 heavy (non-hydrogen) atoms. The third-order valence-corrected chi connectivity index (χ3v) is 4.78. The molecule has 1 aliphatic heterocycles. The summed E-state index contributed by atoms with van der Waals surface area (Å²) in [5, 5.41) is 2.66. The first-order valence-electron chi connectivity index (χ1n) is 8.03. The van der Waals surface area contributed by atoms with Crippen LogP contribution in [0.2, 0.25) is 0 Å². The molecule has 5 nitrogen and oxygen atoms in total. The van der Waals surface area contributed by atoms with Gasteiger partial charge in [0, 0.05) is 25.2 Å². The molecule has 1 aliphatic carbocycles. The lowest BCUT2D eigenvalue weighted by Crippen LogP contribution is -2.40. The van der Waals surface area contributed by atoms with Crippen LogP contribution in [0.4, 0.5) is 4.79 Å². The van der Waals surface area contributed by atoms with Gasteiger partial charge in [-0.15, -0.1) is 0 Å². The third kappa shape index (κ3) is 3.90. The minimum absolute atomic E-state index is 0.00967. The third-order valence-electron chi connectivity index (χ3n) is 4.78. The fourth-order valence-corrected chi connectivity index (χ4v) is 3.55. The van der Waals surface area contributed by atoms with Crippen LogP contribution in [0.25, 0.3) is 0 Å². The van der Waals surface area contributed by atoms with Gasteiger partial charge in [-0.3, -0.25) is 4.79 Å². The van der Waals surface area contributed by atoms with Crippen LogP contribution in [0.3, 0.4) is 0 Å². The fourth-order valence-electron chi connectivity index (χ4n) is 3.55. The van der Waals surface area contributed by atoms with Gasteiger partial charge in [0.15, 0.2) is 0 Å². The van der Waals surface area contributed by atoms with Gasteiger partial charge in [-0.2, -0.15) is 0 Å². The average Bonchev–Trinajstić information content (AvgIpc) is 2.84. The molecule has 3 amide bonds. The molecule has 2 aliphatic rings. The van der Waals surface area contributed by atoms with E-state index in [0.717, 1.165) is 19.3 Å². The number of hydrogen-bond donors (Lipinski definition) is 2. The van der Waals surface area contributed by atoms with Crippen molar-refractivity contribution in [2.75, 3.05) is 13.1 Å². The molecule has 0 aromatic heterocycles. The van der Waals surface area contributed by atoms with Crippen molar-refractivity contribution < 1.29 is 9.59 Å². The molecule has 0 saturated carbocycles. The Labute approximate surface area is 132 Å². The zero-order valence-electron chi connectivity index (χ0n) is 13.8. The maximum Gasteiger partial charge on any atom is 0.312 e. The van der Waals surface area contributed by atoms with Crippen molar-refractivity contribution in [2.45, 2.75) is 52.5 Å². The molecule has 3 N–H and O–H groups in total. The van der Waals surface area contributed by atoms with Crippen LogP contribution in [0.15, 0.2) is 23.3 Å². The Morgan fingerprint density at radius 2 is 2.14 bits per heavy atom. The number of nitrogens with zero attached hydrogens (tertiary/aromatic N) is 1. The molecule has 0 unspecified atom stereocenters. The molecule has 122 valence electrons. The highest BCUT2D eigenvalue weighted by Gasteiger charge is 2.28. The van der Waals surface area contributed by atoms with E-state index in [1.807, 2.05) is 6.08 Å². The van der Waals surface area contributed by atoms with Crippen molar-refractivity contribution in [3.05, 3.63) is 23.3 Å². The number of likely N-dealkylation sites (tertiary alicyclic amines) is 1. The smallest absolute Gasteiger partial charge is 0.312 e. The van der Waals surface area contributed by atoms with Crippen LogP contribution < -0.4 is 11.1 Å². The van der Waals surface area contributed by atoms with Crippen LogP contribution in [0.1, 0.15) is 46.5 Å². The number of nitrogens with one attached hydrogen (secondary N) is 1. The second kappa shape index (κ2) is 6.55. The lowest BCUT2D eigenvalue weighted by molar-refractivity contribution is -0.125. The normalized spacial score (nSPS) is 24.9. The molecule has 1 saturated heterocycles. The molecular weight excluding hydrogens is 278 g/mol. The highest BCUT2D eigenvalue weighted by atomic mass is 16.2. The first-order chi connectivity index (χ1) is 10.3. The number of nitrogens with two attached hydrogens (primary N) is 1. The van der Waals surface area contributed by atoms with Crippen LogP contribution in [0.5, 0.6) is 0 Å². The first kappa shape index (κ1) is 16.6. The molecule has 0 aromatic rings. The van der Waals surface area contributed by atoms with Crippen molar-refractivity contribution in [1.29, 1.82) is 0 Å². The summed E-state index contributed by atoms with van der Waals surface area (Å²) in [5.74, 6) is 0.00967. The lowest BCUT2D eigenvalue weighted by Gasteiger charge is -2.33. The van der Waals surface area contributed by atoms with Gasteiger partial charge >= 0.3 is 6.03 Å². The zero-order chi connectivity index (χ0) is 16.3. The molecule has 0 aromatic carbocycles. The lowest BCUT2D eigenvalue weighted by atomic mass is 9.72. The highest BCUT2D eigenvalue weighted by Crippen LogP contribution is 2.40. The average molecular weight is 305 g/mol. The maximum absolute atomic E-state index is 12.3. The second-order valence-electron chi connectivity index (χ2n) is 7.04. The van der Waals surface area contributed by atoms with Gasteiger partial charge < -0.3 is 16.0 Å². The number of carbonyl (C=O) groups excluding carboxylic acids is 2. The largest absolute Gasteiger partial charge is 0.352 e. The molecule has 1 heterocycles. The van der Waals surface area contributed by atoms with Crippen molar-refractivity contribution in [3.63, 3.8) is 0 Å². The Morgan fingerprint density at radius 1 is 1.41 bits per heavy atom. The monoisotopic (exact) mass is 305 g/mol. The van der Waals surface area contributed by atoms with E-state index >= 15 is 0 Å². The molecular formula is C17H27N3O2. The summed E-state index contributed by atoms with van der Waals surface area (Å²) in [7, 11) is 0. The van der Waals surface area contributed by atoms with Crippen molar-refractivity contribution >= 4 is 11.9 Å². The highest BCUT2D eigenvalue weighted by molar-refractivity contribution is 5.88. The summed E-state index contributed by atoms with van der Waals surface area (Å²) < 4.78 is 0. The summed E-state index contributed by atoms with van der Waals surface area (Å²) in [6, 6.07) is -0.554. The Morgan fingerprint density at radius 3 is 2.77 bits per heavy atom. The van der Waals surface area contributed by atoms with Gasteiger partial charge in [0.2, 0.25) is 5.91 Å². The standard InChI is InChI=1S/C17H27N3O2/c1-12-5-4-9-17(2,3)14(12)6-7-15(21)20-10-8-13(11-20)19-16(18)22/h6-7,13H,4-5,8-11H2,1-3H3,(H3,18,19,22)/t13-/m0/s1. The van der Waals surface area contributed by atoms with Gasteiger partial charge in [0.05, 0.1) is 0 Å². The van der Waals surface area contributed by atoms with Crippen molar-refractivity contribution in [2.24, 2.45) is 11.1 Å².